The highest BCUT2D eigenvalue weighted by molar-refractivity contribution is 7.62. The fourth-order valence-electron chi connectivity index (χ4n) is 0.780. The van der Waals surface area contributed by atoms with E-state index in [1.165, 1.54) is 24.3 Å². The summed E-state index contributed by atoms with van der Waals surface area (Å²) in [6.45, 7) is 0. The molecule has 0 aliphatic rings. The second-order valence-electron chi connectivity index (χ2n) is 2.10. The van der Waals surface area contributed by atoms with Crippen LogP contribution in [0.15, 0.2) is 30.3 Å². The molecule has 1 rings (SSSR count). The maximum atomic E-state index is 11.8. The molecule has 0 spiro atoms. The topological polar surface area (TPSA) is 35.5 Å². The average molecular weight is 205 g/mol. The number of benzene rings is 1. The smallest absolute Gasteiger partial charge is 0.333 e. The molecule has 0 aromatic heterocycles. The molecule has 1 unspecified atom stereocenters. The van der Waals surface area contributed by atoms with Gasteiger partial charge in [0.05, 0.1) is 5.30 Å². The van der Waals surface area contributed by atoms with Crippen LogP contribution in [0.2, 0.25) is 0 Å². The van der Waals surface area contributed by atoms with Crippen LogP contribution in [0.25, 0.3) is 0 Å². The molecule has 0 aliphatic carbocycles. The van der Waals surface area contributed by atoms with E-state index >= 15 is 0 Å². The van der Waals surface area contributed by atoms with E-state index in [0.29, 0.717) is 0 Å². The first kappa shape index (κ1) is 10.4. The number of hydrogen-bond acceptors (Lipinski definition) is 3. The minimum absolute atomic E-state index is 0.0496. The highest BCUT2D eigenvalue weighted by Gasteiger charge is 2.28. The van der Waals surface area contributed by atoms with E-state index in [-0.39, 0.29) is 13.1 Å². The summed E-state index contributed by atoms with van der Waals surface area (Å²) in [5.74, 6) is 0. The van der Waals surface area contributed by atoms with Gasteiger partial charge in [0.1, 0.15) is 0 Å². The van der Waals surface area contributed by atoms with Crippen LogP contribution in [0.3, 0.4) is 0 Å². The van der Waals surface area contributed by atoms with Gasteiger partial charge < -0.3 is 4.44 Å². The molecule has 7 heteroatoms. The van der Waals surface area contributed by atoms with Gasteiger partial charge >= 0.3 is 15.4 Å². The van der Waals surface area contributed by atoms with Crippen molar-refractivity contribution in [1.29, 1.82) is 0 Å². The zero-order valence-electron chi connectivity index (χ0n) is 6.39. The predicted molar refractivity (Wildman–Crippen MR) is 43.8 cm³/mol. The highest BCUT2D eigenvalue weighted by atomic mass is 31.2. The molecule has 1 aromatic carbocycles. The van der Waals surface area contributed by atoms with Crippen LogP contribution in [-0.4, -0.2) is 7.76 Å². The van der Waals surface area contributed by atoms with Crippen molar-refractivity contribution in [3.05, 3.63) is 30.3 Å². The first-order valence-electron chi connectivity index (χ1n) is 3.29. The van der Waals surface area contributed by atoms with E-state index in [2.05, 4.69) is 9.17 Å². The molecular formula is C6H5BF2O3P. The SMILES string of the molecule is O=P(OF)(O[B]F)c1ccccc1. The van der Waals surface area contributed by atoms with Crippen LogP contribution in [0.1, 0.15) is 0 Å². The Morgan fingerprint density at radius 2 is 1.92 bits per heavy atom. The Morgan fingerprint density at radius 1 is 1.31 bits per heavy atom. The maximum Gasteiger partial charge on any atom is 0.542 e. The second kappa shape index (κ2) is 4.51. The van der Waals surface area contributed by atoms with Crippen molar-refractivity contribution in [2.24, 2.45) is 0 Å². The van der Waals surface area contributed by atoms with E-state index < -0.39 is 7.60 Å². The van der Waals surface area contributed by atoms with Gasteiger partial charge in [0.25, 0.3) is 0 Å². The first-order valence-corrected chi connectivity index (χ1v) is 4.83. The molecule has 1 atom stereocenters. The average Bonchev–Trinajstić information content (AvgIpc) is 2.19. The first-order chi connectivity index (χ1) is 6.23. The third kappa shape index (κ3) is 2.37. The van der Waals surface area contributed by atoms with Crippen molar-refractivity contribution in [1.82, 2.24) is 0 Å². The third-order valence-corrected chi connectivity index (χ3v) is 2.81. The van der Waals surface area contributed by atoms with E-state index in [9.17, 15) is 13.4 Å². The summed E-state index contributed by atoms with van der Waals surface area (Å²) >= 11 is 0. The lowest BCUT2D eigenvalue weighted by Crippen LogP contribution is -2.07. The zero-order chi connectivity index (χ0) is 9.73. The van der Waals surface area contributed by atoms with Crippen LogP contribution >= 0.6 is 7.60 Å². The van der Waals surface area contributed by atoms with Crippen molar-refractivity contribution in [3.63, 3.8) is 0 Å². The fraction of sp³-hybridized carbons (Fsp3) is 0. The Balaban J connectivity index is 2.96. The number of rotatable bonds is 4. The molecular weight excluding hydrogens is 200 g/mol. The maximum absolute atomic E-state index is 11.8. The molecule has 0 bridgehead atoms. The normalized spacial score (nSPS) is 14.9. The molecule has 1 radical (unpaired) electrons. The van der Waals surface area contributed by atoms with Gasteiger partial charge in [-0.1, -0.05) is 18.2 Å². The summed E-state index contributed by atoms with van der Waals surface area (Å²) in [4.78, 5) is 0. The molecule has 69 valence electrons. The van der Waals surface area contributed by atoms with Gasteiger partial charge in [-0.2, -0.15) is 0 Å². The van der Waals surface area contributed by atoms with Gasteiger partial charge in [-0.15, -0.1) is 4.73 Å². The summed E-state index contributed by atoms with van der Waals surface area (Å²) in [5.41, 5.74) is 0. The summed E-state index contributed by atoms with van der Waals surface area (Å²) < 4.78 is 41.8. The summed E-state index contributed by atoms with van der Waals surface area (Å²) in [6, 6.07) is 7.25. The summed E-state index contributed by atoms with van der Waals surface area (Å²) in [5, 5.41) is -0.0496. The third-order valence-electron chi connectivity index (χ3n) is 1.34. The molecule has 0 N–H and O–H groups in total. The van der Waals surface area contributed by atoms with Crippen molar-refractivity contribution in [2.75, 3.05) is 0 Å². The van der Waals surface area contributed by atoms with E-state index in [4.69, 9.17) is 0 Å². The molecule has 0 saturated heterocycles. The van der Waals surface area contributed by atoms with Gasteiger partial charge in [0, 0.05) is 0 Å². The molecule has 0 heterocycles. The van der Waals surface area contributed by atoms with Gasteiger partial charge in [-0.25, -0.2) is 0 Å². The van der Waals surface area contributed by atoms with E-state index in [1.54, 1.807) is 6.07 Å². The van der Waals surface area contributed by atoms with Crippen LogP contribution in [0.5, 0.6) is 0 Å². The zero-order valence-corrected chi connectivity index (χ0v) is 7.29. The molecule has 0 fully saturated rings. The minimum Gasteiger partial charge on any atom is -0.333 e. The van der Waals surface area contributed by atoms with Crippen LogP contribution in [0.4, 0.5) is 8.84 Å². The largest absolute Gasteiger partial charge is 0.542 e. The van der Waals surface area contributed by atoms with Crippen molar-refractivity contribution in [3.8, 4) is 0 Å². The van der Waals surface area contributed by atoms with Crippen LogP contribution in [0, 0.1) is 0 Å². The highest BCUT2D eigenvalue weighted by Crippen LogP contribution is 2.46. The number of hydrogen-bond donors (Lipinski definition) is 0. The monoisotopic (exact) mass is 205 g/mol. The second-order valence-corrected chi connectivity index (χ2v) is 3.96. The Labute approximate surface area is 74.4 Å². The standard InChI is InChI=1S/C6H5BF2O3P/c8-7-11-13(10,12-9)6-4-2-1-3-5-6/h1-5H. The lowest BCUT2D eigenvalue weighted by Gasteiger charge is -2.09. The lowest BCUT2D eigenvalue weighted by molar-refractivity contribution is -0.0134. The molecule has 0 saturated carbocycles. The van der Waals surface area contributed by atoms with Crippen molar-refractivity contribution >= 4 is 20.7 Å². The molecule has 13 heavy (non-hydrogen) atoms. The van der Waals surface area contributed by atoms with Gasteiger partial charge in [-0.05, 0) is 16.7 Å². The Morgan fingerprint density at radius 3 is 2.38 bits per heavy atom. The van der Waals surface area contributed by atoms with Crippen LogP contribution < -0.4 is 5.30 Å². The van der Waals surface area contributed by atoms with Gasteiger partial charge in [0.15, 0.2) is 0 Å². The van der Waals surface area contributed by atoms with Crippen LogP contribution in [-0.2, 0) is 13.7 Å². The predicted octanol–water partition coefficient (Wildman–Crippen LogP) is 1.93. The Bertz CT molecular complexity index is 308. The van der Waals surface area contributed by atoms with E-state index in [0.717, 1.165) is 0 Å². The van der Waals surface area contributed by atoms with Gasteiger partial charge in [-0.3, -0.25) is 8.88 Å². The van der Waals surface area contributed by atoms with E-state index in [1.807, 2.05) is 0 Å². The van der Waals surface area contributed by atoms with Crippen molar-refractivity contribution in [2.45, 2.75) is 0 Å². The summed E-state index contributed by atoms with van der Waals surface area (Å²) in [7, 11) is -4.52. The summed E-state index contributed by atoms with van der Waals surface area (Å²) in [6.07, 6.45) is 0. The molecule has 3 nitrogen and oxygen atoms in total. The number of halogens is 2. The lowest BCUT2D eigenvalue weighted by atomic mass is 10.4. The minimum atomic E-state index is -4.15. The molecule has 0 amide bonds. The fourth-order valence-corrected chi connectivity index (χ4v) is 1.66. The molecule has 0 aliphatic heterocycles. The molecule has 1 aromatic rings. The Hall–Kier alpha value is -0.705. The quantitative estimate of drug-likeness (QED) is 0.556. The Kier molecular flexibility index (Phi) is 3.60. The van der Waals surface area contributed by atoms with Gasteiger partial charge in [0.2, 0.25) is 0 Å². The van der Waals surface area contributed by atoms with Crippen molar-refractivity contribution < 1.29 is 22.6 Å².